The second-order valence-electron chi connectivity index (χ2n) is 0. The molecule has 0 saturated carbocycles. The Morgan fingerprint density at radius 1 is 1.00 bits per heavy atom. The van der Waals surface area contributed by atoms with E-state index in [0.717, 1.165) is 0 Å². The Balaban J connectivity index is -0.000000000500. The van der Waals surface area contributed by atoms with Crippen LogP contribution in [0.4, 0.5) is 0 Å². The maximum atomic E-state index is 7.72. The summed E-state index contributed by atoms with van der Waals surface area (Å²) in [7, 11) is 0. The average Bonchev–Trinajstić information content (AvgIpc) is 1.00. The van der Waals surface area contributed by atoms with Crippen molar-refractivity contribution in [1.29, 1.82) is 0 Å². The molecule has 4 nitrogen and oxygen atoms in total. The van der Waals surface area contributed by atoms with Gasteiger partial charge >= 0.3 is 37.7 Å². The van der Waals surface area contributed by atoms with Crippen molar-refractivity contribution in [3.63, 3.8) is 0 Å². The van der Waals surface area contributed by atoms with Crippen LogP contribution in [0.1, 0.15) is 0 Å². The molecular weight excluding hydrogens is 175 g/mol. The van der Waals surface area contributed by atoms with Gasteiger partial charge in [0.1, 0.15) is 0 Å². The summed E-state index contributed by atoms with van der Waals surface area (Å²) in [4.78, 5) is 0. The molecule has 0 atom stereocenters. The molecule has 0 aromatic carbocycles. The molecule has 0 aliphatic rings. The molecule has 0 rings (SSSR count). The first-order valence-electron chi connectivity index (χ1n) is 0.154. The molecule has 0 unspecified atom stereocenters. The standard InChI is InChI=1S/Ca.ClO.ClH.3H2O/c;1-2;;;;/h;;1H;3*1H2/q+2;-1;;;;/p-2. The van der Waals surface area contributed by atoms with E-state index in [2.05, 4.69) is 11.9 Å². The number of hydrogen-bond donors (Lipinski definition) is 0. The van der Waals surface area contributed by atoms with Gasteiger partial charge in [-0.05, 0) is 0 Å². The van der Waals surface area contributed by atoms with Crippen molar-refractivity contribution in [1.82, 2.24) is 0 Å². The second kappa shape index (κ2) is 121. The van der Waals surface area contributed by atoms with E-state index in [1.165, 1.54) is 0 Å². The Morgan fingerprint density at radius 3 is 1.00 bits per heavy atom. The van der Waals surface area contributed by atoms with E-state index in [9.17, 15) is 0 Å². The molecule has 0 heterocycles. The molecule has 0 fully saturated rings. The summed E-state index contributed by atoms with van der Waals surface area (Å²) in [5.74, 6) is 0. The van der Waals surface area contributed by atoms with Crippen molar-refractivity contribution < 1.29 is 33.5 Å². The van der Waals surface area contributed by atoms with Gasteiger partial charge in [-0.2, -0.15) is 0 Å². The van der Waals surface area contributed by atoms with E-state index in [1.807, 2.05) is 0 Å². The van der Waals surface area contributed by atoms with Crippen LogP contribution in [-0.4, -0.2) is 54.2 Å². The van der Waals surface area contributed by atoms with Crippen LogP contribution in [0.15, 0.2) is 0 Å². The minimum Gasteiger partial charge on any atom is -1.00 e. The second-order valence-corrected chi connectivity index (χ2v) is 0. The largest absolute Gasteiger partial charge is 2.00 e. The summed E-state index contributed by atoms with van der Waals surface area (Å²) in [6.07, 6.45) is 0. The van der Waals surface area contributed by atoms with E-state index in [4.69, 9.17) is 4.66 Å². The molecule has 0 aliphatic heterocycles. The molecule has 7 heavy (non-hydrogen) atoms. The first-order valence-corrected chi connectivity index (χ1v) is 0.463. The van der Waals surface area contributed by atoms with Gasteiger partial charge in [-0.25, -0.2) is 11.9 Å². The Kier molecular flexibility index (Phi) is 1240. The van der Waals surface area contributed by atoms with Gasteiger partial charge in [0.25, 0.3) is 0 Å². The maximum Gasteiger partial charge on any atom is 2.00 e. The molecule has 0 aromatic heterocycles. The summed E-state index contributed by atoms with van der Waals surface area (Å²) in [6, 6.07) is 0. The molecule has 0 aromatic rings. The smallest absolute Gasteiger partial charge is 1.00 e. The first kappa shape index (κ1) is 71.3. The van der Waals surface area contributed by atoms with Gasteiger partial charge in [-0.15, -0.1) is 0 Å². The number of rotatable bonds is 0. The molecule has 0 saturated heterocycles. The van der Waals surface area contributed by atoms with Crippen molar-refractivity contribution >= 4 is 49.6 Å². The van der Waals surface area contributed by atoms with Crippen molar-refractivity contribution in [3.05, 3.63) is 0 Å². The van der Waals surface area contributed by atoms with Crippen LogP contribution < -0.4 is 17.1 Å². The summed E-state index contributed by atoms with van der Waals surface area (Å²) in [5.41, 5.74) is 0. The van der Waals surface area contributed by atoms with E-state index >= 15 is 0 Å². The third-order valence-corrected chi connectivity index (χ3v) is 0. The van der Waals surface area contributed by atoms with E-state index in [0.29, 0.717) is 0 Å². The Bertz CT molecular complexity index is 9.65. The maximum absolute atomic E-state index is 7.72. The summed E-state index contributed by atoms with van der Waals surface area (Å²) in [5, 5.41) is 0. The SMILES string of the molecule is O.O.[Ca+2].[Cl-].[O-]Cl.[OH-]. The van der Waals surface area contributed by atoms with Crippen molar-refractivity contribution in [2.75, 3.05) is 0 Å². The fourth-order valence-electron chi connectivity index (χ4n) is 0. The fourth-order valence-corrected chi connectivity index (χ4v) is 0. The van der Waals surface area contributed by atoms with Gasteiger partial charge in [-0.1, -0.05) is 0 Å². The third kappa shape index (κ3) is 87.8. The fraction of sp³-hybridized carbons (Fsp3) is 0. The number of hydrogen-bond acceptors (Lipinski definition) is 2. The molecule has 0 spiro atoms. The quantitative estimate of drug-likeness (QED) is 0.345. The zero-order valence-corrected chi connectivity index (χ0v) is 7.04. The van der Waals surface area contributed by atoms with E-state index in [1.54, 1.807) is 0 Å². The summed E-state index contributed by atoms with van der Waals surface area (Å²) >= 11 is 3.39. The van der Waals surface area contributed by atoms with Crippen LogP contribution in [0, 0.1) is 0 Å². The monoisotopic (exact) mass is 179 g/mol. The van der Waals surface area contributed by atoms with Gasteiger partial charge in [0.2, 0.25) is 0 Å². The van der Waals surface area contributed by atoms with Crippen LogP contribution in [0.2, 0.25) is 0 Å². The molecule has 7 heteroatoms. The van der Waals surface area contributed by atoms with Crippen LogP contribution in [0.5, 0.6) is 0 Å². The van der Waals surface area contributed by atoms with Gasteiger partial charge in [0.05, 0.1) is 0 Å². The Morgan fingerprint density at radius 2 is 1.00 bits per heavy atom. The Labute approximate surface area is 82.4 Å². The van der Waals surface area contributed by atoms with Gasteiger partial charge in [-0.3, -0.25) is 0 Å². The van der Waals surface area contributed by atoms with E-state index < -0.39 is 0 Å². The van der Waals surface area contributed by atoms with Crippen molar-refractivity contribution in [3.8, 4) is 0 Å². The minimum atomic E-state index is 0. The predicted octanol–water partition coefficient (Wildman–Crippen LogP) is -5.70. The van der Waals surface area contributed by atoms with Crippen LogP contribution in [0.3, 0.4) is 0 Å². The molecule has 0 aliphatic carbocycles. The van der Waals surface area contributed by atoms with Gasteiger partial charge < -0.3 is 33.5 Å². The van der Waals surface area contributed by atoms with Gasteiger partial charge in [0.15, 0.2) is 0 Å². The molecular formula is H5CaCl2O4-. The van der Waals surface area contributed by atoms with Gasteiger partial charge in [0, 0.05) is 0 Å². The molecule has 0 amide bonds. The average molecular weight is 180 g/mol. The topological polar surface area (TPSA) is 116 Å². The van der Waals surface area contributed by atoms with Crippen LogP contribution in [0.25, 0.3) is 0 Å². The molecule has 5 N–H and O–H groups in total. The summed E-state index contributed by atoms with van der Waals surface area (Å²) < 4.78 is 7.72. The van der Waals surface area contributed by atoms with Crippen LogP contribution >= 0.6 is 11.9 Å². The van der Waals surface area contributed by atoms with E-state index in [-0.39, 0.29) is 66.6 Å². The number of halogens is 2. The van der Waals surface area contributed by atoms with Crippen molar-refractivity contribution in [2.45, 2.75) is 0 Å². The normalized spacial score (nSPS) is 0.857. The zero-order chi connectivity index (χ0) is 2.00. The Hall–Kier alpha value is 1.68. The molecule has 46 valence electrons. The van der Waals surface area contributed by atoms with Crippen LogP contribution in [-0.2, 0) is 0 Å². The third-order valence-electron chi connectivity index (χ3n) is 0. The molecule has 0 radical (unpaired) electrons. The molecule has 0 bridgehead atoms. The minimum absolute atomic E-state index is 0. The summed E-state index contributed by atoms with van der Waals surface area (Å²) in [6.45, 7) is 0. The zero-order valence-electron chi connectivity index (χ0n) is 3.32. The van der Waals surface area contributed by atoms with Crippen molar-refractivity contribution in [2.24, 2.45) is 0 Å². The predicted molar refractivity (Wildman–Crippen MR) is 20.8 cm³/mol. The first-order chi connectivity index (χ1) is 1.00.